The molecular formula is C6H14OS. The van der Waals surface area contributed by atoms with E-state index in [1.54, 1.807) is 11.8 Å². The lowest BCUT2D eigenvalue weighted by Gasteiger charge is -2.03. The molecule has 0 unspecified atom stereocenters. The zero-order valence-electron chi connectivity index (χ0n) is 5.55. The number of aliphatic hydroxyl groups is 1. The van der Waals surface area contributed by atoms with Crippen molar-refractivity contribution in [2.75, 3.05) is 11.5 Å². The minimum absolute atomic E-state index is 0.0834. The number of rotatable bonds is 4. The standard InChI is InChI=1S/C6H14OS/c1-3-6(7)5-8-4-2/h6-7H,3-5H2,1-2H3/t6-/m0/s1. The maximum Gasteiger partial charge on any atom is 0.0628 e. The van der Waals surface area contributed by atoms with Crippen molar-refractivity contribution in [3.05, 3.63) is 0 Å². The van der Waals surface area contributed by atoms with Crippen LogP contribution < -0.4 is 0 Å². The van der Waals surface area contributed by atoms with Gasteiger partial charge in [-0.1, -0.05) is 13.8 Å². The van der Waals surface area contributed by atoms with Crippen molar-refractivity contribution in [3.8, 4) is 0 Å². The fourth-order valence-electron chi connectivity index (χ4n) is 0.372. The van der Waals surface area contributed by atoms with Gasteiger partial charge >= 0.3 is 0 Å². The van der Waals surface area contributed by atoms with E-state index in [1.165, 1.54) is 0 Å². The molecule has 0 aromatic heterocycles. The van der Waals surface area contributed by atoms with Gasteiger partial charge in [-0.15, -0.1) is 0 Å². The third-order valence-electron chi connectivity index (χ3n) is 0.986. The molecule has 0 aliphatic heterocycles. The zero-order chi connectivity index (χ0) is 6.41. The molecular weight excluding hydrogens is 120 g/mol. The van der Waals surface area contributed by atoms with Crippen LogP contribution in [0.5, 0.6) is 0 Å². The molecule has 0 aliphatic rings. The topological polar surface area (TPSA) is 20.2 Å². The number of hydrogen-bond donors (Lipinski definition) is 1. The molecule has 0 bridgehead atoms. The van der Waals surface area contributed by atoms with Crippen molar-refractivity contribution in [2.45, 2.75) is 26.4 Å². The van der Waals surface area contributed by atoms with Crippen molar-refractivity contribution in [1.29, 1.82) is 0 Å². The van der Waals surface area contributed by atoms with Crippen molar-refractivity contribution in [2.24, 2.45) is 0 Å². The molecule has 0 rings (SSSR count). The Balaban J connectivity index is 2.86. The highest BCUT2D eigenvalue weighted by Crippen LogP contribution is 2.03. The van der Waals surface area contributed by atoms with Gasteiger partial charge in [0.15, 0.2) is 0 Å². The summed E-state index contributed by atoms with van der Waals surface area (Å²) < 4.78 is 0. The van der Waals surface area contributed by atoms with E-state index in [1.807, 2.05) is 6.92 Å². The maximum absolute atomic E-state index is 8.97. The summed E-state index contributed by atoms with van der Waals surface area (Å²) in [6.07, 6.45) is 0.799. The minimum atomic E-state index is -0.0834. The second-order valence-electron chi connectivity index (χ2n) is 1.72. The van der Waals surface area contributed by atoms with Gasteiger partial charge in [0, 0.05) is 5.75 Å². The number of hydrogen-bond acceptors (Lipinski definition) is 2. The van der Waals surface area contributed by atoms with Crippen LogP contribution in [0.1, 0.15) is 20.3 Å². The molecule has 0 amide bonds. The average molecular weight is 134 g/mol. The average Bonchev–Trinajstić information content (AvgIpc) is 1.83. The van der Waals surface area contributed by atoms with Crippen LogP contribution in [0, 0.1) is 0 Å². The normalized spacial score (nSPS) is 13.9. The number of aliphatic hydroxyl groups excluding tert-OH is 1. The van der Waals surface area contributed by atoms with E-state index in [9.17, 15) is 0 Å². The van der Waals surface area contributed by atoms with Gasteiger partial charge < -0.3 is 5.11 Å². The van der Waals surface area contributed by atoms with Crippen molar-refractivity contribution >= 4 is 11.8 Å². The third-order valence-corrected chi connectivity index (χ3v) is 2.01. The van der Waals surface area contributed by atoms with Gasteiger partial charge in [0.1, 0.15) is 0 Å². The quantitative estimate of drug-likeness (QED) is 0.629. The summed E-state index contributed by atoms with van der Waals surface area (Å²) in [6, 6.07) is 0. The first-order valence-electron chi connectivity index (χ1n) is 3.07. The van der Waals surface area contributed by atoms with Gasteiger partial charge in [0.2, 0.25) is 0 Å². The Labute approximate surface area is 55.5 Å². The Kier molecular flexibility index (Phi) is 5.66. The molecule has 0 spiro atoms. The van der Waals surface area contributed by atoms with E-state index >= 15 is 0 Å². The Hall–Kier alpha value is 0.310. The highest BCUT2D eigenvalue weighted by Gasteiger charge is 1.96. The van der Waals surface area contributed by atoms with Gasteiger partial charge in [-0.3, -0.25) is 0 Å². The molecule has 0 aliphatic carbocycles. The van der Waals surface area contributed by atoms with Crippen molar-refractivity contribution in [1.82, 2.24) is 0 Å². The third kappa shape index (κ3) is 4.47. The second-order valence-corrected chi connectivity index (χ2v) is 3.04. The Morgan fingerprint density at radius 2 is 2.12 bits per heavy atom. The van der Waals surface area contributed by atoms with Crippen molar-refractivity contribution < 1.29 is 5.11 Å². The van der Waals surface area contributed by atoms with Gasteiger partial charge in [0.25, 0.3) is 0 Å². The van der Waals surface area contributed by atoms with E-state index in [-0.39, 0.29) is 6.10 Å². The first-order chi connectivity index (χ1) is 3.81. The fourth-order valence-corrected chi connectivity index (χ4v) is 1.12. The molecule has 0 fully saturated rings. The largest absolute Gasteiger partial charge is 0.392 e. The summed E-state index contributed by atoms with van der Waals surface area (Å²) in [5.74, 6) is 2.00. The SMILES string of the molecule is CCSC[C@@H](O)CC. The molecule has 0 saturated carbocycles. The van der Waals surface area contributed by atoms with E-state index in [0.717, 1.165) is 17.9 Å². The second kappa shape index (κ2) is 5.45. The van der Waals surface area contributed by atoms with Crippen LogP contribution in [0.2, 0.25) is 0 Å². The smallest absolute Gasteiger partial charge is 0.0628 e. The predicted octanol–water partition coefficient (Wildman–Crippen LogP) is 1.51. The molecule has 0 aromatic rings. The molecule has 0 saturated heterocycles. The van der Waals surface area contributed by atoms with Crippen LogP contribution in [-0.4, -0.2) is 22.7 Å². The van der Waals surface area contributed by atoms with Crippen LogP contribution in [0.15, 0.2) is 0 Å². The summed E-state index contributed by atoms with van der Waals surface area (Å²) in [4.78, 5) is 0. The van der Waals surface area contributed by atoms with Gasteiger partial charge in [0.05, 0.1) is 6.10 Å². The molecule has 1 atom stereocenters. The maximum atomic E-state index is 8.97. The molecule has 50 valence electrons. The summed E-state index contributed by atoms with van der Waals surface area (Å²) in [5, 5.41) is 8.97. The van der Waals surface area contributed by atoms with Gasteiger partial charge in [-0.2, -0.15) is 11.8 Å². The fraction of sp³-hybridized carbons (Fsp3) is 1.00. The lowest BCUT2D eigenvalue weighted by atomic mass is 10.3. The molecule has 1 nitrogen and oxygen atoms in total. The molecule has 0 aromatic carbocycles. The van der Waals surface area contributed by atoms with Crippen LogP contribution >= 0.6 is 11.8 Å². The highest BCUT2D eigenvalue weighted by molar-refractivity contribution is 7.99. The van der Waals surface area contributed by atoms with Crippen LogP contribution in [0.25, 0.3) is 0 Å². The highest BCUT2D eigenvalue weighted by atomic mass is 32.2. The van der Waals surface area contributed by atoms with E-state index < -0.39 is 0 Å². The van der Waals surface area contributed by atoms with Gasteiger partial charge in [-0.05, 0) is 12.2 Å². The Bertz CT molecular complexity index is 47.8. The Morgan fingerprint density at radius 3 is 2.50 bits per heavy atom. The number of thioether (sulfide) groups is 1. The van der Waals surface area contributed by atoms with Crippen LogP contribution in [-0.2, 0) is 0 Å². The lowest BCUT2D eigenvalue weighted by Crippen LogP contribution is -2.07. The zero-order valence-corrected chi connectivity index (χ0v) is 6.37. The summed E-state index contributed by atoms with van der Waals surface area (Å²) in [5.41, 5.74) is 0. The summed E-state index contributed by atoms with van der Waals surface area (Å²) >= 11 is 1.79. The molecule has 0 radical (unpaired) electrons. The molecule has 8 heavy (non-hydrogen) atoms. The predicted molar refractivity (Wildman–Crippen MR) is 39.3 cm³/mol. The van der Waals surface area contributed by atoms with Crippen LogP contribution in [0.4, 0.5) is 0 Å². The monoisotopic (exact) mass is 134 g/mol. The molecule has 1 N–H and O–H groups in total. The Morgan fingerprint density at radius 1 is 1.50 bits per heavy atom. The lowest BCUT2D eigenvalue weighted by molar-refractivity contribution is 0.195. The first kappa shape index (κ1) is 8.31. The molecule has 2 heteroatoms. The van der Waals surface area contributed by atoms with Crippen molar-refractivity contribution in [3.63, 3.8) is 0 Å². The summed E-state index contributed by atoms with van der Waals surface area (Å²) in [6.45, 7) is 4.11. The minimum Gasteiger partial charge on any atom is -0.392 e. The first-order valence-corrected chi connectivity index (χ1v) is 4.22. The van der Waals surface area contributed by atoms with Gasteiger partial charge in [-0.25, -0.2) is 0 Å². The summed E-state index contributed by atoms with van der Waals surface area (Å²) in [7, 11) is 0. The van der Waals surface area contributed by atoms with E-state index in [0.29, 0.717) is 0 Å². The van der Waals surface area contributed by atoms with E-state index in [4.69, 9.17) is 5.11 Å². The van der Waals surface area contributed by atoms with E-state index in [2.05, 4.69) is 6.92 Å². The molecule has 0 heterocycles. The van der Waals surface area contributed by atoms with Crippen LogP contribution in [0.3, 0.4) is 0 Å².